The number of nitrogens with zero attached hydrogens (tertiary/aromatic N) is 2. The second kappa shape index (κ2) is 11.4. The van der Waals surface area contributed by atoms with Crippen LogP contribution in [0.2, 0.25) is 0 Å². The molecule has 0 fully saturated rings. The fourth-order valence-electron chi connectivity index (χ4n) is 3.79. The molecule has 0 aliphatic carbocycles. The van der Waals surface area contributed by atoms with E-state index < -0.39 is 14.9 Å². The first kappa shape index (κ1) is 26.9. The number of benzene rings is 3. The first-order chi connectivity index (χ1) is 16.8. The van der Waals surface area contributed by atoms with Gasteiger partial charge in [-0.2, -0.15) is 0 Å². The van der Waals surface area contributed by atoms with E-state index in [1.54, 1.807) is 24.3 Å². The quantitative estimate of drug-likeness (QED) is 0.112. The molecule has 0 saturated heterocycles. The number of nitro groups is 1. The van der Waals surface area contributed by atoms with Gasteiger partial charge in [0.15, 0.2) is 0 Å². The molecule has 1 heterocycles. The molecule has 0 aliphatic rings. The minimum Gasteiger partial charge on any atom is -0.494 e. The lowest BCUT2D eigenvalue weighted by Gasteiger charge is -2.17. The highest BCUT2D eigenvalue weighted by molar-refractivity contribution is 7.92. The normalized spacial score (nSPS) is 11.2. The van der Waals surface area contributed by atoms with E-state index in [1.807, 2.05) is 24.3 Å². The third kappa shape index (κ3) is 5.93. The summed E-state index contributed by atoms with van der Waals surface area (Å²) < 4.78 is 32.8. The van der Waals surface area contributed by atoms with E-state index in [2.05, 4.69) is 15.0 Å². The maximum absolute atomic E-state index is 12.4. The molecule has 10 nitrogen and oxygen atoms in total. The summed E-state index contributed by atoms with van der Waals surface area (Å²) in [5.41, 5.74) is 8.21. The maximum atomic E-state index is 12.4. The van der Waals surface area contributed by atoms with Crippen LogP contribution < -0.4 is 20.5 Å². The Balaban J connectivity index is 0.00000361. The van der Waals surface area contributed by atoms with Crippen LogP contribution in [-0.4, -0.2) is 37.7 Å². The summed E-state index contributed by atoms with van der Waals surface area (Å²) in [4.78, 5) is 15.4. The Morgan fingerprint density at radius 1 is 1.03 bits per heavy atom. The number of methoxy groups -OCH3 is 1. The number of sulfonamides is 1. The van der Waals surface area contributed by atoms with Gasteiger partial charge in [-0.05, 0) is 43.7 Å². The third-order valence-electron chi connectivity index (χ3n) is 5.48. The first-order valence-corrected chi connectivity index (χ1v) is 12.6. The lowest BCUT2D eigenvalue weighted by molar-refractivity contribution is -0.384. The molecule has 4 N–H and O–H groups in total. The first-order valence-electron chi connectivity index (χ1n) is 10.9. The molecule has 0 atom stereocenters. The largest absolute Gasteiger partial charge is 0.494 e. The number of para-hydroxylation sites is 1. The number of nitro benzene ring substituents is 1. The predicted molar refractivity (Wildman–Crippen MR) is 145 cm³/mol. The van der Waals surface area contributed by atoms with Crippen LogP contribution in [0.1, 0.15) is 12.8 Å². The van der Waals surface area contributed by atoms with E-state index >= 15 is 0 Å². The number of unbranched alkanes of at least 4 members (excludes halogenated alkanes) is 1. The van der Waals surface area contributed by atoms with Crippen molar-refractivity contribution in [3.63, 3.8) is 0 Å². The Morgan fingerprint density at radius 3 is 2.50 bits per heavy atom. The number of rotatable bonds is 10. The lowest BCUT2D eigenvalue weighted by atomic mass is 10.1. The summed E-state index contributed by atoms with van der Waals surface area (Å²) in [5.74, 6) is 0.399. The molecule has 0 unspecified atom stereocenters. The molecule has 0 bridgehead atoms. The highest BCUT2D eigenvalue weighted by Crippen LogP contribution is 2.38. The van der Waals surface area contributed by atoms with E-state index in [4.69, 9.17) is 10.5 Å². The smallest absolute Gasteiger partial charge is 0.271 e. The molecule has 190 valence electrons. The second-order valence-electron chi connectivity index (χ2n) is 7.92. The molecular formula is C24H26ClN5O5S. The van der Waals surface area contributed by atoms with E-state index in [9.17, 15) is 18.5 Å². The number of pyridine rings is 1. The van der Waals surface area contributed by atoms with Crippen molar-refractivity contribution in [2.24, 2.45) is 5.73 Å². The van der Waals surface area contributed by atoms with Crippen molar-refractivity contribution in [1.29, 1.82) is 0 Å². The van der Waals surface area contributed by atoms with E-state index in [0.717, 1.165) is 5.39 Å². The van der Waals surface area contributed by atoms with E-state index in [-0.39, 0.29) is 23.8 Å². The number of hydrogen-bond donors (Lipinski definition) is 3. The van der Waals surface area contributed by atoms with Crippen molar-refractivity contribution in [2.45, 2.75) is 12.8 Å². The molecule has 0 saturated carbocycles. The molecule has 1 aromatic heterocycles. The van der Waals surface area contributed by atoms with Crippen LogP contribution >= 0.6 is 12.4 Å². The number of aromatic nitrogens is 1. The van der Waals surface area contributed by atoms with Gasteiger partial charge in [-0.15, -0.1) is 12.4 Å². The van der Waals surface area contributed by atoms with Crippen LogP contribution in [0.15, 0.2) is 60.7 Å². The van der Waals surface area contributed by atoms with Gasteiger partial charge in [0.05, 0.1) is 45.9 Å². The van der Waals surface area contributed by atoms with Gasteiger partial charge in [-0.1, -0.05) is 18.2 Å². The van der Waals surface area contributed by atoms with Gasteiger partial charge in [0, 0.05) is 29.0 Å². The van der Waals surface area contributed by atoms with Gasteiger partial charge in [0.2, 0.25) is 10.0 Å². The molecule has 3 aromatic carbocycles. The van der Waals surface area contributed by atoms with Crippen molar-refractivity contribution in [1.82, 2.24) is 4.98 Å². The monoisotopic (exact) mass is 531 g/mol. The average molecular weight is 532 g/mol. The van der Waals surface area contributed by atoms with Crippen LogP contribution in [0.5, 0.6) is 5.75 Å². The minimum atomic E-state index is -3.52. The summed E-state index contributed by atoms with van der Waals surface area (Å²) in [6.07, 6.45) is 1.10. The second-order valence-corrected chi connectivity index (χ2v) is 9.76. The molecule has 0 radical (unpaired) electrons. The van der Waals surface area contributed by atoms with Gasteiger partial charge in [0.25, 0.3) is 5.69 Å². The van der Waals surface area contributed by atoms with Crippen LogP contribution in [0.4, 0.5) is 22.7 Å². The zero-order valence-corrected chi connectivity index (χ0v) is 21.1. The van der Waals surface area contributed by atoms with E-state index in [1.165, 1.54) is 19.2 Å². The Hall–Kier alpha value is -3.67. The fraction of sp³-hybridized carbons (Fsp3) is 0.208. The minimum absolute atomic E-state index is 0. The van der Waals surface area contributed by atoms with Gasteiger partial charge >= 0.3 is 0 Å². The number of halogens is 1. The average Bonchev–Trinajstić information content (AvgIpc) is 2.84. The Labute approximate surface area is 214 Å². The van der Waals surface area contributed by atoms with Crippen LogP contribution in [-0.2, 0) is 10.0 Å². The number of hydrogen-bond acceptors (Lipinski definition) is 8. The fourth-order valence-corrected chi connectivity index (χ4v) is 4.96. The molecule has 0 amide bonds. The lowest BCUT2D eigenvalue weighted by Crippen LogP contribution is -2.17. The number of anilines is 3. The maximum Gasteiger partial charge on any atom is 0.271 e. The Kier molecular flexibility index (Phi) is 8.51. The number of non-ortho nitro benzene ring substituents is 1. The molecule has 4 rings (SSSR count). The molecule has 4 aromatic rings. The SMILES string of the molecule is COc1cc(NS(=O)(=O)CCCCN)ccc1Nc1c2ccccc2nc2cc([N+](=O)[O-])ccc12.Cl. The standard InChI is InChI=1S/C24H25N5O5S.ClH/c1-34-23-14-16(28-35(32,33)13-5-4-12-25)8-11-21(23)27-24-18-6-2-3-7-20(18)26-22-15-17(29(30)31)9-10-19(22)24;/h2-3,6-11,14-15,28H,4-5,12-13,25H2,1H3,(H,26,27);1H. The molecular weight excluding hydrogens is 506 g/mol. The van der Waals surface area contributed by atoms with Crippen molar-refractivity contribution >= 4 is 67.0 Å². The Morgan fingerprint density at radius 2 is 1.78 bits per heavy atom. The summed E-state index contributed by atoms with van der Waals surface area (Å²) >= 11 is 0. The molecule has 0 aliphatic heterocycles. The highest BCUT2D eigenvalue weighted by atomic mass is 35.5. The topological polar surface area (TPSA) is 149 Å². The van der Waals surface area contributed by atoms with Crippen molar-refractivity contribution in [2.75, 3.05) is 29.4 Å². The van der Waals surface area contributed by atoms with Gasteiger partial charge in [-0.3, -0.25) is 14.8 Å². The number of ether oxygens (including phenoxy) is 1. The van der Waals surface area contributed by atoms with E-state index in [0.29, 0.717) is 58.6 Å². The number of fused-ring (bicyclic) bond motifs is 2. The number of nitrogens with two attached hydrogens (primary N) is 1. The van der Waals surface area contributed by atoms with Crippen molar-refractivity contribution in [3.05, 3.63) is 70.8 Å². The Bertz CT molecular complexity index is 1510. The third-order valence-corrected chi connectivity index (χ3v) is 6.85. The highest BCUT2D eigenvalue weighted by Gasteiger charge is 2.16. The van der Waals surface area contributed by atoms with Crippen molar-refractivity contribution in [3.8, 4) is 5.75 Å². The zero-order chi connectivity index (χ0) is 25.0. The van der Waals surface area contributed by atoms with Crippen LogP contribution in [0.25, 0.3) is 21.8 Å². The van der Waals surface area contributed by atoms with Gasteiger partial charge < -0.3 is 15.8 Å². The van der Waals surface area contributed by atoms with Crippen molar-refractivity contribution < 1.29 is 18.1 Å². The van der Waals surface area contributed by atoms with Gasteiger partial charge in [-0.25, -0.2) is 13.4 Å². The molecule has 0 spiro atoms. The summed E-state index contributed by atoms with van der Waals surface area (Å²) in [6.45, 7) is 0.440. The summed E-state index contributed by atoms with van der Waals surface area (Å²) in [6, 6.07) is 16.9. The molecule has 36 heavy (non-hydrogen) atoms. The summed E-state index contributed by atoms with van der Waals surface area (Å²) in [5, 5.41) is 16.1. The predicted octanol–water partition coefficient (Wildman–Crippen LogP) is 4.95. The van der Waals surface area contributed by atoms with Crippen LogP contribution in [0.3, 0.4) is 0 Å². The van der Waals surface area contributed by atoms with Crippen LogP contribution in [0, 0.1) is 10.1 Å². The number of nitrogens with one attached hydrogen (secondary N) is 2. The zero-order valence-electron chi connectivity index (χ0n) is 19.4. The summed E-state index contributed by atoms with van der Waals surface area (Å²) in [7, 11) is -2.02. The molecule has 12 heteroatoms. The van der Waals surface area contributed by atoms with Gasteiger partial charge in [0.1, 0.15) is 5.75 Å².